The minimum absolute atomic E-state index is 0.0562. The highest BCUT2D eigenvalue weighted by Gasteiger charge is 2.35. The molecule has 1 amide bonds. The Kier molecular flexibility index (Phi) is 6.32. The Bertz CT molecular complexity index is 990. The molecule has 1 aliphatic heterocycles. The van der Waals surface area contributed by atoms with Crippen molar-refractivity contribution in [3.63, 3.8) is 0 Å². The fourth-order valence-electron chi connectivity index (χ4n) is 3.09. The van der Waals surface area contributed by atoms with Gasteiger partial charge in [0.15, 0.2) is 6.10 Å². The number of sulfonamides is 1. The van der Waals surface area contributed by atoms with Gasteiger partial charge in [-0.3, -0.25) is 9.10 Å². The molecular weight excluding hydrogens is 392 g/mol. The zero-order chi connectivity index (χ0) is 21.0. The lowest BCUT2D eigenvalue weighted by Gasteiger charge is -2.34. The molecule has 1 aliphatic rings. The minimum Gasteiger partial charge on any atom is -0.491 e. The van der Waals surface area contributed by atoms with E-state index >= 15 is 0 Å². The second-order valence-electron chi connectivity index (χ2n) is 6.84. The van der Waals surface area contributed by atoms with E-state index < -0.39 is 16.1 Å². The molecule has 0 aromatic heterocycles. The summed E-state index contributed by atoms with van der Waals surface area (Å²) in [7, 11) is -3.52. The normalized spacial score (nSPS) is 16.0. The van der Waals surface area contributed by atoms with Crippen LogP contribution in [-0.2, 0) is 14.8 Å². The molecule has 29 heavy (non-hydrogen) atoms. The number of nitrogens with one attached hydrogen (secondary N) is 1. The Labute approximate surface area is 171 Å². The van der Waals surface area contributed by atoms with Crippen molar-refractivity contribution in [3.8, 4) is 11.5 Å². The second kappa shape index (κ2) is 8.73. The maximum Gasteiger partial charge on any atom is 0.263 e. The number of hydrogen-bond acceptors (Lipinski definition) is 5. The van der Waals surface area contributed by atoms with Gasteiger partial charge >= 0.3 is 0 Å². The smallest absolute Gasteiger partial charge is 0.263 e. The SMILES string of the molecule is CCS(=O)(=O)N1CC(C(=O)NCCOc2cccc(C)c2C)Oc2ccccc21. The van der Waals surface area contributed by atoms with Crippen LogP contribution in [0.15, 0.2) is 42.5 Å². The molecule has 1 heterocycles. The third kappa shape index (κ3) is 4.64. The van der Waals surface area contributed by atoms with Crippen LogP contribution in [0.2, 0.25) is 0 Å². The molecule has 156 valence electrons. The molecular formula is C21H26N2O5S. The quantitative estimate of drug-likeness (QED) is 0.698. The van der Waals surface area contributed by atoms with Crippen molar-refractivity contribution in [3.05, 3.63) is 53.6 Å². The van der Waals surface area contributed by atoms with Gasteiger partial charge in [-0.15, -0.1) is 0 Å². The van der Waals surface area contributed by atoms with Crippen LogP contribution >= 0.6 is 0 Å². The highest BCUT2D eigenvalue weighted by atomic mass is 32.2. The Morgan fingerprint density at radius 3 is 2.72 bits per heavy atom. The number of carbonyl (C=O) groups excluding carboxylic acids is 1. The summed E-state index contributed by atoms with van der Waals surface area (Å²) in [6.45, 7) is 6.10. The number of rotatable bonds is 7. The van der Waals surface area contributed by atoms with E-state index in [2.05, 4.69) is 5.32 Å². The van der Waals surface area contributed by atoms with Crippen LogP contribution in [0.25, 0.3) is 0 Å². The van der Waals surface area contributed by atoms with E-state index in [0.29, 0.717) is 18.0 Å². The van der Waals surface area contributed by atoms with Gasteiger partial charge in [-0.05, 0) is 50.1 Å². The van der Waals surface area contributed by atoms with Crippen molar-refractivity contribution in [2.75, 3.05) is 29.8 Å². The molecule has 0 saturated heterocycles. The summed E-state index contributed by atoms with van der Waals surface area (Å²) in [4.78, 5) is 12.6. The lowest BCUT2D eigenvalue weighted by atomic mass is 10.1. The monoisotopic (exact) mass is 418 g/mol. The van der Waals surface area contributed by atoms with Crippen molar-refractivity contribution in [1.82, 2.24) is 5.32 Å². The number of ether oxygens (including phenoxy) is 2. The van der Waals surface area contributed by atoms with Gasteiger partial charge in [-0.2, -0.15) is 0 Å². The van der Waals surface area contributed by atoms with Crippen LogP contribution in [-0.4, -0.2) is 45.9 Å². The third-order valence-electron chi connectivity index (χ3n) is 4.94. The Hall–Kier alpha value is -2.74. The Balaban J connectivity index is 1.62. The second-order valence-corrected chi connectivity index (χ2v) is 9.03. The van der Waals surface area contributed by atoms with E-state index in [1.165, 1.54) is 4.31 Å². The maximum absolute atomic E-state index is 12.6. The van der Waals surface area contributed by atoms with Gasteiger partial charge in [0.25, 0.3) is 5.91 Å². The summed E-state index contributed by atoms with van der Waals surface area (Å²) in [6, 6.07) is 12.6. The fraction of sp³-hybridized carbons (Fsp3) is 0.381. The molecule has 1 unspecified atom stereocenters. The zero-order valence-corrected chi connectivity index (χ0v) is 17.7. The molecule has 0 bridgehead atoms. The number of anilines is 1. The van der Waals surface area contributed by atoms with Crippen LogP contribution in [0.1, 0.15) is 18.1 Å². The van der Waals surface area contributed by atoms with E-state index in [-0.39, 0.29) is 24.7 Å². The summed E-state index contributed by atoms with van der Waals surface area (Å²) in [6.07, 6.45) is -0.924. The van der Waals surface area contributed by atoms with E-state index in [1.807, 2.05) is 32.0 Å². The van der Waals surface area contributed by atoms with E-state index in [9.17, 15) is 13.2 Å². The molecule has 1 N–H and O–H groups in total. The van der Waals surface area contributed by atoms with Crippen LogP contribution < -0.4 is 19.1 Å². The first-order valence-electron chi connectivity index (χ1n) is 9.56. The van der Waals surface area contributed by atoms with Crippen LogP contribution in [0.5, 0.6) is 11.5 Å². The molecule has 0 fully saturated rings. The zero-order valence-electron chi connectivity index (χ0n) is 16.8. The number of benzene rings is 2. The fourth-order valence-corrected chi connectivity index (χ4v) is 4.21. The number of nitrogens with zero attached hydrogens (tertiary/aromatic N) is 1. The number of hydrogen-bond donors (Lipinski definition) is 1. The maximum atomic E-state index is 12.6. The summed E-state index contributed by atoms with van der Waals surface area (Å²) >= 11 is 0. The van der Waals surface area contributed by atoms with Crippen LogP contribution in [0, 0.1) is 13.8 Å². The molecule has 0 spiro atoms. The third-order valence-corrected chi connectivity index (χ3v) is 6.69. The molecule has 0 radical (unpaired) electrons. The van der Waals surface area contributed by atoms with Gasteiger partial charge in [0.2, 0.25) is 10.0 Å². The first-order chi connectivity index (χ1) is 13.8. The molecule has 7 nitrogen and oxygen atoms in total. The highest BCUT2D eigenvalue weighted by Crippen LogP contribution is 2.35. The summed E-state index contributed by atoms with van der Waals surface area (Å²) in [5.41, 5.74) is 2.65. The van der Waals surface area contributed by atoms with Crippen LogP contribution in [0.3, 0.4) is 0 Å². The van der Waals surface area contributed by atoms with Crippen LogP contribution in [0.4, 0.5) is 5.69 Å². The predicted molar refractivity (Wildman–Crippen MR) is 112 cm³/mol. The number of amides is 1. The summed E-state index contributed by atoms with van der Waals surface area (Å²) in [5, 5.41) is 2.77. The van der Waals surface area contributed by atoms with Gasteiger partial charge in [0.05, 0.1) is 24.5 Å². The van der Waals surface area contributed by atoms with E-state index in [4.69, 9.17) is 9.47 Å². The molecule has 3 rings (SSSR count). The topological polar surface area (TPSA) is 84.9 Å². The van der Waals surface area contributed by atoms with Gasteiger partial charge in [0, 0.05) is 0 Å². The largest absolute Gasteiger partial charge is 0.491 e. The van der Waals surface area contributed by atoms with Crippen molar-refractivity contribution in [2.24, 2.45) is 0 Å². The minimum atomic E-state index is -3.52. The standard InChI is InChI=1S/C21H26N2O5S/c1-4-29(25,26)23-14-20(28-19-10-6-5-9-17(19)23)21(24)22-12-13-27-18-11-7-8-15(2)16(18)3/h5-11,20H,4,12-14H2,1-3H3,(H,22,24). The molecule has 2 aromatic carbocycles. The highest BCUT2D eigenvalue weighted by molar-refractivity contribution is 7.92. The average molecular weight is 419 g/mol. The van der Waals surface area contributed by atoms with Crippen molar-refractivity contribution in [2.45, 2.75) is 26.9 Å². The number of aryl methyl sites for hydroxylation is 1. The number of para-hydroxylation sites is 2. The molecule has 1 atom stereocenters. The summed E-state index contributed by atoms with van der Waals surface area (Å²) in [5.74, 6) is 0.726. The van der Waals surface area contributed by atoms with Crippen molar-refractivity contribution >= 4 is 21.6 Å². The van der Waals surface area contributed by atoms with Gasteiger partial charge in [-0.25, -0.2) is 8.42 Å². The van der Waals surface area contributed by atoms with E-state index in [0.717, 1.165) is 16.9 Å². The first-order valence-corrected chi connectivity index (χ1v) is 11.2. The number of carbonyl (C=O) groups is 1. The lowest BCUT2D eigenvalue weighted by molar-refractivity contribution is -0.127. The summed E-state index contributed by atoms with van der Waals surface area (Å²) < 4.78 is 37.7. The number of fused-ring (bicyclic) bond motifs is 1. The lowest BCUT2D eigenvalue weighted by Crippen LogP contribution is -2.51. The van der Waals surface area contributed by atoms with Gasteiger partial charge in [0.1, 0.15) is 18.1 Å². The molecule has 0 aliphatic carbocycles. The molecule has 0 saturated carbocycles. The molecule has 2 aromatic rings. The van der Waals surface area contributed by atoms with Crippen molar-refractivity contribution in [1.29, 1.82) is 0 Å². The molecule has 8 heteroatoms. The van der Waals surface area contributed by atoms with Gasteiger partial charge in [-0.1, -0.05) is 24.3 Å². The Morgan fingerprint density at radius 1 is 1.21 bits per heavy atom. The predicted octanol–water partition coefficient (Wildman–Crippen LogP) is 2.42. The Morgan fingerprint density at radius 2 is 1.97 bits per heavy atom. The first kappa shape index (κ1) is 21.0. The van der Waals surface area contributed by atoms with Crippen molar-refractivity contribution < 1.29 is 22.7 Å². The van der Waals surface area contributed by atoms with E-state index in [1.54, 1.807) is 31.2 Å². The average Bonchev–Trinajstić information content (AvgIpc) is 2.73. The van der Waals surface area contributed by atoms with Gasteiger partial charge < -0.3 is 14.8 Å².